The summed E-state index contributed by atoms with van der Waals surface area (Å²) in [5.74, 6) is -0.557. The van der Waals surface area contributed by atoms with Crippen LogP contribution in [0.5, 0.6) is 0 Å². The monoisotopic (exact) mass is 256 g/mol. The van der Waals surface area contributed by atoms with Crippen molar-refractivity contribution in [2.75, 3.05) is 13.2 Å². The topological polar surface area (TPSA) is 18.5 Å². The van der Waals surface area contributed by atoms with Gasteiger partial charge in [-0.2, -0.15) is 0 Å². The molecule has 2 rings (SSSR count). The zero-order valence-electron chi connectivity index (χ0n) is 8.13. The number of ether oxygens (including phenoxy) is 2. The first-order chi connectivity index (χ1) is 6.71. The maximum atomic E-state index is 5.65. The van der Waals surface area contributed by atoms with Crippen molar-refractivity contribution in [1.82, 2.24) is 0 Å². The van der Waals surface area contributed by atoms with E-state index in [1.54, 1.807) is 0 Å². The Kier molecular flexibility index (Phi) is 2.91. The van der Waals surface area contributed by atoms with Crippen molar-refractivity contribution < 1.29 is 9.47 Å². The smallest absolute Gasteiger partial charge is 0.191 e. The highest BCUT2D eigenvalue weighted by atomic mass is 79.9. The third kappa shape index (κ3) is 2.00. The molecule has 0 aromatic heterocycles. The van der Waals surface area contributed by atoms with Crippen LogP contribution in [-0.2, 0) is 15.3 Å². The molecule has 1 saturated heterocycles. The van der Waals surface area contributed by atoms with Crippen molar-refractivity contribution in [1.29, 1.82) is 0 Å². The summed E-state index contributed by atoms with van der Waals surface area (Å²) in [5.41, 5.74) is 1.07. The second-order valence-corrected chi connectivity index (χ2v) is 4.42. The largest absolute Gasteiger partial charge is 0.346 e. The summed E-state index contributed by atoms with van der Waals surface area (Å²) in [6.07, 6.45) is 0.978. The van der Waals surface area contributed by atoms with Crippen LogP contribution in [0.25, 0.3) is 0 Å². The summed E-state index contributed by atoms with van der Waals surface area (Å²) < 4.78 is 12.4. The summed E-state index contributed by atoms with van der Waals surface area (Å²) in [5, 5.41) is 0. The van der Waals surface area contributed by atoms with Crippen LogP contribution in [0.15, 0.2) is 28.7 Å². The van der Waals surface area contributed by atoms with Crippen LogP contribution < -0.4 is 0 Å². The summed E-state index contributed by atoms with van der Waals surface area (Å²) >= 11 is 3.41. The fourth-order valence-corrected chi connectivity index (χ4v) is 1.82. The lowest BCUT2D eigenvalue weighted by Gasteiger charge is -2.34. The van der Waals surface area contributed by atoms with Crippen molar-refractivity contribution >= 4 is 15.9 Å². The van der Waals surface area contributed by atoms with Gasteiger partial charge in [-0.1, -0.05) is 28.1 Å². The molecule has 14 heavy (non-hydrogen) atoms. The van der Waals surface area contributed by atoms with Gasteiger partial charge >= 0.3 is 0 Å². The molecule has 0 aliphatic carbocycles. The van der Waals surface area contributed by atoms with Crippen LogP contribution in [0.3, 0.4) is 0 Å². The van der Waals surface area contributed by atoms with Crippen LogP contribution in [0, 0.1) is 0 Å². The highest BCUT2D eigenvalue weighted by Crippen LogP contribution is 2.30. The molecule has 0 radical (unpaired) electrons. The zero-order chi connectivity index (χ0) is 10.0. The Bertz CT molecular complexity index is 302. The minimum Gasteiger partial charge on any atom is -0.346 e. The molecule has 0 spiro atoms. The zero-order valence-corrected chi connectivity index (χ0v) is 9.71. The highest BCUT2D eigenvalue weighted by Gasteiger charge is 2.30. The molecular weight excluding hydrogens is 244 g/mol. The normalized spacial score (nSPS) is 20.7. The lowest BCUT2D eigenvalue weighted by atomic mass is 10.1. The second-order valence-electron chi connectivity index (χ2n) is 3.50. The third-order valence-electron chi connectivity index (χ3n) is 2.41. The number of halogens is 1. The maximum absolute atomic E-state index is 5.65. The Hall–Kier alpha value is -0.380. The second kappa shape index (κ2) is 4.01. The summed E-state index contributed by atoms with van der Waals surface area (Å²) in [7, 11) is 0. The Balaban J connectivity index is 2.23. The molecule has 1 fully saturated rings. The van der Waals surface area contributed by atoms with Gasteiger partial charge in [0, 0.05) is 10.0 Å². The van der Waals surface area contributed by atoms with Gasteiger partial charge in [-0.15, -0.1) is 0 Å². The van der Waals surface area contributed by atoms with E-state index in [0.29, 0.717) is 0 Å². The molecular formula is C11H13BrO2. The van der Waals surface area contributed by atoms with Crippen molar-refractivity contribution in [2.24, 2.45) is 0 Å². The molecule has 1 heterocycles. The number of hydrogen-bond donors (Lipinski definition) is 0. The van der Waals surface area contributed by atoms with Crippen molar-refractivity contribution in [3.63, 3.8) is 0 Å². The Morgan fingerprint density at radius 3 is 2.29 bits per heavy atom. The van der Waals surface area contributed by atoms with Crippen molar-refractivity contribution in [3.05, 3.63) is 34.3 Å². The van der Waals surface area contributed by atoms with Gasteiger partial charge in [0.05, 0.1) is 13.2 Å². The number of rotatable bonds is 1. The van der Waals surface area contributed by atoms with Crippen LogP contribution >= 0.6 is 15.9 Å². The SMILES string of the molecule is CC1(c2ccc(Br)cc2)OCCCO1. The first kappa shape index (κ1) is 10.1. The number of benzene rings is 1. The van der Waals surface area contributed by atoms with Crippen molar-refractivity contribution in [2.45, 2.75) is 19.1 Å². The van der Waals surface area contributed by atoms with E-state index in [9.17, 15) is 0 Å². The lowest BCUT2D eigenvalue weighted by Crippen LogP contribution is -2.34. The van der Waals surface area contributed by atoms with Crippen LogP contribution in [0.2, 0.25) is 0 Å². The molecule has 1 aliphatic rings. The molecule has 0 unspecified atom stereocenters. The van der Waals surface area contributed by atoms with Gasteiger partial charge < -0.3 is 9.47 Å². The Labute approximate surface area is 92.3 Å². The van der Waals surface area contributed by atoms with Gasteiger partial charge in [0.25, 0.3) is 0 Å². The van der Waals surface area contributed by atoms with Crippen molar-refractivity contribution in [3.8, 4) is 0 Å². The van der Waals surface area contributed by atoms with Gasteiger partial charge in [0.2, 0.25) is 0 Å². The summed E-state index contributed by atoms with van der Waals surface area (Å²) in [6.45, 7) is 3.51. The average molecular weight is 257 g/mol. The molecule has 2 nitrogen and oxygen atoms in total. The molecule has 1 aliphatic heterocycles. The fraction of sp³-hybridized carbons (Fsp3) is 0.455. The number of hydrogen-bond acceptors (Lipinski definition) is 2. The Morgan fingerprint density at radius 1 is 1.14 bits per heavy atom. The van der Waals surface area contributed by atoms with E-state index < -0.39 is 5.79 Å². The van der Waals surface area contributed by atoms with Gasteiger partial charge in [0.15, 0.2) is 5.79 Å². The summed E-state index contributed by atoms with van der Waals surface area (Å²) in [4.78, 5) is 0. The molecule has 1 aromatic carbocycles. The predicted molar refractivity (Wildman–Crippen MR) is 58.0 cm³/mol. The molecule has 0 bridgehead atoms. The van der Waals surface area contributed by atoms with E-state index in [2.05, 4.69) is 15.9 Å². The van der Waals surface area contributed by atoms with Crippen LogP contribution in [0.4, 0.5) is 0 Å². The van der Waals surface area contributed by atoms with E-state index >= 15 is 0 Å². The van der Waals surface area contributed by atoms with E-state index in [0.717, 1.165) is 29.7 Å². The first-order valence-corrected chi connectivity index (χ1v) is 5.54. The fourth-order valence-electron chi connectivity index (χ4n) is 1.55. The Morgan fingerprint density at radius 2 is 1.71 bits per heavy atom. The minimum atomic E-state index is -0.557. The van der Waals surface area contributed by atoms with Gasteiger partial charge in [-0.25, -0.2) is 0 Å². The van der Waals surface area contributed by atoms with E-state index in [1.165, 1.54) is 0 Å². The van der Waals surface area contributed by atoms with Gasteiger partial charge in [0.1, 0.15) is 0 Å². The van der Waals surface area contributed by atoms with E-state index in [4.69, 9.17) is 9.47 Å². The van der Waals surface area contributed by atoms with Crippen LogP contribution in [-0.4, -0.2) is 13.2 Å². The molecule has 1 aromatic rings. The average Bonchev–Trinajstić information content (AvgIpc) is 2.19. The lowest BCUT2D eigenvalue weighted by molar-refractivity contribution is -0.264. The minimum absolute atomic E-state index is 0.557. The quantitative estimate of drug-likeness (QED) is 0.769. The van der Waals surface area contributed by atoms with Crippen LogP contribution in [0.1, 0.15) is 18.9 Å². The summed E-state index contributed by atoms with van der Waals surface area (Å²) in [6, 6.07) is 8.05. The molecule has 0 saturated carbocycles. The third-order valence-corrected chi connectivity index (χ3v) is 2.94. The molecule has 0 atom stereocenters. The highest BCUT2D eigenvalue weighted by molar-refractivity contribution is 9.10. The predicted octanol–water partition coefficient (Wildman–Crippen LogP) is 3.06. The van der Waals surface area contributed by atoms with Gasteiger partial charge in [-0.3, -0.25) is 0 Å². The molecule has 3 heteroatoms. The molecule has 76 valence electrons. The van der Waals surface area contributed by atoms with E-state index in [-0.39, 0.29) is 0 Å². The first-order valence-electron chi connectivity index (χ1n) is 4.75. The molecule has 0 amide bonds. The standard InChI is InChI=1S/C11H13BrO2/c1-11(13-7-2-8-14-11)9-3-5-10(12)6-4-9/h3-6H,2,7-8H2,1H3. The van der Waals surface area contributed by atoms with Gasteiger partial charge in [-0.05, 0) is 25.5 Å². The molecule has 0 N–H and O–H groups in total. The van der Waals surface area contributed by atoms with E-state index in [1.807, 2.05) is 31.2 Å². The maximum Gasteiger partial charge on any atom is 0.191 e.